The predicted molar refractivity (Wildman–Crippen MR) is 93.1 cm³/mol. The third-order valence-electron chi connectivity index (χ3n) is 4.53. The molecular formula is C18H17N5O2. The van der Waals surface area contributed by atoms with E-state index in [4.69, 9.17) is 0 Å². The fraction of sp³-hybridized carbons (Fsp3) is 0.222. The summed E-state index contributed by atoms with van der Waals surface area (Å²) < 4.78 is 0. The van der Waals surface area contributed by atoms with E-state index in [1.54, 1.807) is 30.4 Å². The molecule has 7 nitrogen and oxygen atoms in total. The van der Waals surface area contributed by atoms with Crippen molar-refractivity contribution in [3.8, 4) is 0 Å². The van der Waals surface area contributed by atoms with Crippen LogP contribution in [0, 0.1) is 0 Å². The van der Waals surface area contributed by atoms with Gasteiger partial charge in [0.25, 0.3) is 5.91 Å². The van der Waals surface area contributed by atoms with Gasteiger partial charge in [-0.3, -0.25) is 19.7 Å². The number of H-pyrrole nitrogens is 1. The largest absolute Gasteiger partial charge is 0.338 e. The molecule has 0 radical (unpaired) electrons. The van der Waals surface area contributed by atoms with E-state index in [0.29, 0.717) is 30.8 Å². The number of aromatic amines is 1. The van der Waals surface area contributed by atoms with Crippen LogP contribution in [-0.4, -0.2) is 38.4 Å². The molecule has 1 aromatic carbocycles. The fourth-order valence-electron chi connectivity index (χ4n) is 3.18. The van der Waals surface area contributed by atoms with Crippen molar-refractivity contribution >= 4 is 28.4 Å². The van der Waals surface area contributed by atoms with Crippen molar-refractivity contribution in [2.75, 3.05) is 11.9 Å². The first kappa shape index (κ1) is 15.3. The zero-order valence-electron chi connectivity index (χ0n) is 13.7. The van der Waals surface area contributed by atoms with Crippen molar-refractivity contribution < 1.29 is 9.59 Å². The Morgan fingerprint density at radius 3 is 2.96 bits per heavy atom. The SMILES string of the molecule is CC(=O)N1CCc2c(cncc2C(=O)Nc2ccc3[nH]ncc3c2)C1. The maximum Gasteiger partial charge on any atom is 0.257 e. The summed E-state index contributed by atoms with van der Waals surface area (Å²) in [6.45, 7) is 2.67. The first-order chi connectivity index (χ1) is 12.1. The predicted octanol–water partition coefficient (Wildman–Crippen LogP) is 2.11. The highest BCUT2D eigenvalue weighted by Crippen LogP contribution is 2.23. The highest BCUT2D eigenvalue weighted by molar-refractivity contribution is 6.06. The molecule has 1 aliphatic rings. The standard InChI is InChI=1S/C18H17N5O2/c1-11(24)23-5-4-15-13(10-23)7-19-9-16(15)18(25)21-14-2-3-17-12(6-14)8-20-22-17/h2-3,6-9H,4-5,10H2,1H3,(H,20,22)(H,21,25). The summed E-state index contributed by atoms with van der Waals surface area (Å²) in [5.74, 6) is -0.155. The van der Waals surface area contributed by atoms with E-state index < -0.39 is 0 Å². The summed E-state index contributed by atoms with van der Waals surface area (Å²) in [6, 6.07) is 5.58. The number of carbonyl (C=O) groups excluding carboxylic acids is 2. The third-order valence-corrected chi connectivity index (χ3v) is 4.53. The molecule has 3 heterocycles. The van der Waals surface area contributed by atoms with E-state index in [9.17, 15) is 9.59 Å². The lowest BCUT2D eigenvalue weighted by Gasteiger charge is -2.28. The van der Waals surface area contributed by atoms with E-state index in [0.717, 1.165) is 22.0 Å². The molecule has 126 valence electrons. The molecule has 0 aliphatic carbocycles. The quantitative estimate of drug-likeness (QED) is 0.750. The van der Waals surface area contributed by atoms with Crippen molar-refractivity contribution in [3.63, 3.8) is 0 Å². The number of rotatable bonds is 2. The van der Waals surface area contributed by atoms with Gasteiger partial charge in [0, 0.05) is 43.5 Å². The van der Waals surface area contributed by atoms with E-state index in [2.05, 4.69) is 20.5 Å². The number of hydrogen-bond donors (Lipinski definition) is 2. The zero-order chi connectivity index (χ0) is 17.4. The second-order valence-electron chi connectivity index (χ2n) is 6.14. The second-order valence-corrected chi connectivity index (χ2v) is 6.14. The minimum atomic E-state index is -0.191. The number of anilines is 1. The van der Waals surface area contributed by atoms with Gasteiger partial charge in [0.1, 0.15) is 0 Å². The average Bonchev–Trinajstić information content (AvgIpc) is 3.08. The minimum Gasteiger partial charge on any atom is -0.338 e. The Morgan fingerprint density at radius 2 is 2.12 bits per heavy atom. The molecule has 0 atom stereocenters. The van der Waals surface area contributed by atoms with Crippen LogP contribution in [0.5, 0.6) is 0 Å². The van der Waals surface area contributed by atoms with Crippen molar-refractivity contribution in [3.05, 3.63) is 53.5 Å². The Kier molecular flexibility index (Phi) is 3.68. The van der Waals surface area contributed by atoms with Gasteiger partial charge in [-0.15, -0.1) is 0 Å². The smallest absolute Gasteiger partial charge is 0.257 e. The summed E-state index contributed by atoms with van der Waals surface area (Å²) in [7, 11) is 0. The number of nitrogens with one attached hydrogen (secondary N) is 2. The van der Waals surface area contributed by atoms with Gasteiger partial charge in [-0.2, -0.15) is 5.10 Å². The number of nitrogens with zero attached hydrogens (tertiary/aromatic N) is 3. The van der Waals surface area contributed by atoms with Gasteiger partial charge >= 0.3 is 0 Å². The molecule has 4 rings (SSSR count). The van der Waals surface area contributed by atoms with Crippen LogP contribution in [0.4, 0.5) is 5.69 Å². The van der Waals surface area contributed by atoms with E-state index in [1.807, 2.05) is 18.2 Å². The summed E-state index contributed by atoms with van der Waals surface area (Å²) in [6.07, 6.45) is 5.70. The summed E-state index contributed by atoms with van der Waals surface area (Å²) in [5.41, 5.74) is 4.08. The molecule has 25 heavy (non-hydrogen) atoms. The van der Waals surface area contributed by atoms with Crippen LogP contribution in [0.2, 0.25) is 0 Å². The molecule has 0 bridgehead atoms. The first-order valence-electron chi connectivity index (χ1n) is 8.07. The minimum absolute atomic E-state index is 0.0360. The number of aromatic nitrogens is 3. The second kappa shape index (κ2) is 6.01. The van der Waals surface area contributed by atoms with Crippen LogP contribution in [0.25, 0.3) is 10.9 Å². The van der Waals surface area contributed by atoms with E-state index in [-0.39, 0.29) is 11.8 Å². The highest BCUT2D eigenvalue weighted by atomic mass is 16.2. The van der Waals surface area contributed by atoms with Crippen LogP contribution < -0.4 is 5.32 Å². The third kappa shape index (κ3) is 2.84. The van der Waals surface area contributed by atoms with Crippen LogP contribution in [0.1, 0.15) is 28.4 Å². The van der Waals surface area contributed by atoms with Crippen molar-refractivity contribution in [2.45, 2.75) is 19.9 Å². The molecule has 2 amide bonds. The summed E-state index contributed by atoms with van der Waals surface area (Å²) >= 11 is 0. The van der Waals surface area contributed by atoms with Crippen LogP contribution in [0.3, 0.4) is 0 Å². The molecule has 0 saturated carbocycles. The molecule has 0 saturated heterocycles. The topological polar surface area (TPSA) is 91.0 Å². The van der Waals surface area contributed by atoms with Crippen LogP contribution in [-0.2, 0) is 17.8 Å². The molecule has 2 aromatic heterocycles. The summed E-state index contributed by atoms with van der Waals surface area (Å²) in [4.78, 5) is 30.2. The lowest BCUT2D eigenvalue weighted by molar-refractivity contribution is -0.129. The van der Waals surface area contributed by atoms with Crippen molar-refractivity contribution in [1.29, 1.82) is 0 Å². The lowest BCUT2D eigenvalue weighted by Crippen LogP contribution is -2.35. The molecule has 3 aromatic rings. The highest BCUT2D eigenvalue weighted by Gasteiger charge is 2.23. The number of pyridine rings is 1. The Labute approximate surface area is 144 Å². The normalized spacial score (nSPS) is 13.6. The number of hydrogen-bond acceptors (Lipinski definition) is 4. The van der Waals surface area contributed by atoms with Crippen molar-refractivity contribution in [1.82, 2.24) is 20.1 Å². The maximum atomic E-state index is 12.7. The Hall–Kier alpha value is -3.22. The van der Waals surface area contributed by atoms with Crippen LogP contribution in [0.15, 0.2) is 36.8 Å². The molecule has 1 aliphatic heterocycles. The number of fused-ring (bicyclic) bond motifs is 2. The van der Waals surface area contributed by atoms with Gasteiger partial charge in [0.05, 0.1) is 17.3 Å². The van der Waals surface area contributed by atoms with Gasteiger partial charge < -0.3 is 10.2 Å². The van der Waals surface area contributed by atoms with Crippen LogP contribution >= 0.6 is 0 Å². The van der Waals surface area contributed by atoms with E-state index >= 15 is 0 Å². The van der Waals surface area contributed by atoms with Crippen molar-refractivity contribution in [2.24, 2.45) is 0 Å². The average molecular weight is 335 g/mol. The number of amides is 2. The number of benzene rings is 1. The molecular weight excluding hydrogens is 318 g/mol. The molecule has 0 spiro atoms. The van der Waals surface area contributed by atoms with Gasteiger partial charge in [-0.25, -0.2) is 0 Å². The fourth-order valence-corrected chi connectivity index (χ4v) is 3.18. The Balaban J connectivity index is 1.60. The van der Waals surface area contributed by atoms with E-state index in [1.165, 1.54) is 0 Å². The monoisotopic (exact) mass is 335 g/mol. The maximum absolute atomic E-state index is 12.7. The zero-order valence-corrected chi connectivity index (χ0v) is 13.7. The van der Waals surface area contributed by atoms with Gasteiger partial charge in [0.2, 0.25) is 5.91 Å². The lowest BCUT2D eigenvalue weighted by atomic mass is 9.96. The molecule has 7 heteroatoms. The molecule has 2 N–H and O–H groups in total. The Bertz CT molecular complexity index is 979. The van der Waals surface area contributed by atoms with Gasteiger partial charge in [-0.05, 0) is 35.7 Å². The number of carbonyl (C=O) groups is 2. The first-order valence-corrected chi connectivity index (χ1v) is 8.07. The molecule has 0 unspecified atom stereocenters. The summed E-state index contributed by atoms with van der Waals surface area (Å²) in [5, 5.41) is 10.7. The molecule has 0 fully saturated rings. The Morgan fingerprint density at radius 1 is 1.24 bits per heavy atom. The van der Waals surface area contributed by atoms with Gasteiger partial charge in [-0.1, -0.05) is 0 Å². The van der Waals surface area contributed by atoms with Gasteiger partial charge in [0.15, 0.2) is 0 Å².